The maximum absolute atomic E-state index is 12.9. The fourth-order valence-corrected chi connectivity index (χ4v) is 2.78. The average Bonchev–Trinajstić information content (AvgIpc) is 2.48. The summed E-state index contributed by atoms with van der Waals surface area (Å²) in [5.74, 6) is 4.31. The highest BCUT2D eigenvalue weighted by molar-refractivity contribution is 5.50. The number of hydrazine groups is 1. The van der Waals surface area contributed by atoms with Crippen molar-refractivity contribution < 1.29 is 13.2 Å². The summed E-state index contributed by atoms with van der Waals surface area (Å²) in [6.07, 6.45) is 0.741. The van der Waals surface area contributed by atoms with Crippen molar-refractivity contribution in [2.24, 2.45) is 5.84 Å². The van der Waals surface area contributed by atoms with Crippen molar-refractivity contribution in [3.8, 4) is 0 Å². The predicted molar refractivity (Wildman–Crippen MR) is 74.7 cm³/mol. The molecule has 118 valence electrons. The van der Waals surface area contributed by atoms with Gasteiger partial charge in [-0.05, 0) is 19.8 Å². The molecule has 1 aliphatic carbocycles. The van der Waals surface area contributed by atoms with Gasteiger partial charge in [-0.15, -0.1) is 0 Å². The number of aromatic nitrogens is 2. The lowest BCUT2D eigenvalue weighted by molar-refractivity contribution is -0.144. The van der Waals surface area contributed by atoms with Crippen molar-refractivity contribution in [1.29, 1.82) is 0 Å². The summed E-state index contributed by atoms with van der Waals surface area (Å²) in [5.41, 5.74) is 2.18. The van der Waals surface area contributed by atoms with Crippen LogP contribution in [0.4, 0.5) is 24.8 Å². The summed E-state index contributed by atoms with van der Waals surface area (Å²) in [5, 5.41) is 0. The molecule has 1 aromatic heterocycles. The fraction of sp³-hybridized carbons (Fsp3) is 0.692. The molecule has 0 saturated heterocycles. The summed E-state index contributed by atoms with van der Waals surface area (Å²) in [4.78, 5) is 8.99. The zero-order valence-corrected chi connectivity index (χ0v) is 12.0. The maximum atomic E-state index is 12.9. The molecule has 1 aliphatic rings. The summed E-state index contributed by atoms with van der Waals surface area (Å²) < 4.78 is 38.6. The third-order valence-corrected chi connectivity index (χ3v) is 3.76. The van der Waals surface area contributed by atoms with E-state index in [9.17, 15) is 13.2 Å². The molecule has 0 amide bonds. The molecule has 0 bridgehead atoms. The maximum Gasteiger partial charge on any atom is 0.451 e. The molecule has 5 nitrogen and oxygen atoms in total. The van der Waals surface area contributed by atoms with Gasteiger partial charge in [-0.25, -0.2) is 15.8 Å². The lowest BCUT2D eigenvalue weighted by Gasteiger charge is -2.34. The Morgan fingerprint density at radius 1 is 1.29 bits per heavy atom. The number of halogens is 3. The second-order valence-electron chi connectivity index (χ2n) is 5.15. The Bertz CT molecular complexity index is 471. The number of anilines is 2. The molecule has 1 saturated carbocycles. The first kappa shape index (κ1) is 15.8. The Hall–Kier alpha value is -1.57. The number of nitrogens with one attached hydrogen (secondary N) is 1. The number of hydrogen-bond acceptors (Lipinski definition) is 5. The van der Waals surface area contributed by atoms with E-state index in [2.05, 4.69) is 15.4 Å². The van der Waals surface area contributed by atoms with Crippen molar-refractivity contribution in [3.05, 3.63) is 11.9 Å². The van der Waals surface area contributed by atoms with Crippen LogP contribution in [-0.4, -0.2) is 22.6 Å². The van der Waals surface area contributed by atoms with Gasteiger partial charge in [-0.3, -0.25) is 0 Å². The number of nitrogens with two attached hydrogens (primary N) is 1. The zero-order valence-electron chi connectivity index (χ0n) is 12.0. The largest absolute Gasteiger partial charge is 0.451 e. The van der Waals surface area contributed by atoms with E-state index in [4.69, 9.17) is 5.84 Å². The van der Waals surface area contributed by atoms with Crippen LogP contribution in [0.2, 0.25) is 0 Å². The molecular formula is C13H20F3N5. The summed E-state index contributed by atoms with van der Waals surface area (Å²) in [7, 11) is 0. The smallest absolute Gasteiger partial charge is 0.354 e. The lowest BCUT2D eigenvalue weighted by atomic mass is 9.94. The van der Waals surface area contributed by atoms with E-state index in [0.717, 1.165) is 25.7 Å². The first-order valence-electron chi connectivity index (χ1n) is 7.15. The number of rotatable bonds is 4. The Morgan fingerprint density at radius 2 is 1.95 bits per heavy atom. The van der Waals surface area contributed by atoms with Crippen LogP contribution in [0.3, 0.4) is 0 Å². The third-order valence-electron chi connectivity index (χ3n) is 3.76. The van der Waals surface area contributed by atoms with E-state index >= 15 is 0 Å². The summed E-state index contributed by atoms with van der Waals surface area (Å²) in [6.45, 7) is 2.52. The van der Waals surface area contributed by atoms with Crippen LogP contribution in [0.1, 0.15) is 44.9 Å². The summed E-state index contributed by atoms with van der Waals surface area (Å²) >= 11 is 0. The third kappa shape index (κ3) is 3.75. The van der Waals surface area contributed by atoms with Crippen LogP contribution in [0.5, 0.6) is 0 Å². The van der Waals surface area contributed by atoms with Gasteiger partial charge in [-0.1, -0.05) is 19.3 Å². The topological polar surface area (TPSA) is 67.1 Å². The molecule has 0 aromatic carbocycles. The zero-order chi connectivity index (χ0) is 15.5. The van der Waals surface area contributed by atoms with E-state index in [1.807, 2.05) is 11.8 Å². The molecule has 3 N–H and O–H groups in total. The highest BCUT2D eigenvalue weighted by Gasteiger charge is 2.36. The molecule has 2 rings (SSSR count). The minimum Gasteiger partial charge on any atom is -0.354 e. The van der Waals surface area contributed by atoms with Crippen LogP contribution in [0, 0.1) is 0 Å². The second-order valence-corrected chi connectivity index (χ2v) is 5.15. The molecule has 0 aliphatic heterocycles. The molecule has 1 fully saturated rings. The van der Waals surface area contributed by atoms with Crippen molar-refractivity contribution in [2.45, 2.75) is 51.2 Å². The second kappa shape index (κ2) is 6.46. The Labute approximate surface area is 121 Å². The predicted octanol–water partition coefficient (Wildman–Crippen LogP) is 2.94. The molecule has 0 spiro atoms. The van der Waals surface area contributed by atoms with Gasteiger partial charge in [0.1, 0.15) is 11.6 Å². The van der Waals surface area contributed by atoms with Gasteiger partial charge < -0.3 is 10.3 Å². The Morgan fingerprint density at radius 3 is 2.48 bits per heavy atom. The molecule has 0 unspecified atom stereocenters. The molecular weight excluding hydrogens is 283 g/mol. The number of nitrogens with zero attached hydrogens (tertiary/aromatic N) is 3. The van der Waals surface area contributed by atoms with Gasteiger partial charge in [-0.2, -0.15) is 13.2 Å². The van der Waals surface area contributed by atoms with Crippen molar-refractivity contribution in [1.82, 2.24) is 9.97 Å². The van der Waals surface area contributed by atoms with E-state index in [-0.39, 0.29) is 17.7 Å². The molecule has 0 atom stereocenters. The SMILES string of the molecule is CCN(c1cc(NN)nc(C(F)(F)F)n1)C1CCCCC1. The van der Waals surface area contributed by atoms with Gasteiger partial charge in [0.15, 0.2) is 0 Å². The van der Waals surface area contributed by atoms with E-state index in [1.54, 1.807) is 0 Å². The van der Waals surface area contributed by atoms with Crippen molar-refractivity contribution in [2.75, 3.05) is 16.9 Å². The minimum atomic E-state index is -4.59. The quantitative estimate of drug-likeness (QED) is 0.661. The van der Waals surface area contributed by atoms with E-state index < -0.39 is 12.0 Å². The van der Waals surface area contributed by atoms with Crippen LogP contribution >= 0.6 is 0 Å². The van der Waals surface area contributed by atoms with Crippen molar-refractivity contribution in [3.63, 3.8) is 0 Å². The highest BCUT2D eigenvalue weighted by Crippen LogP contribution is 2.31. The van der Waals surface area contributed by atoms with Crippen LogP contribution < -0.4 is 16.2 Å². The van der Waals surface area contributed by atoms with E-state index in [0.29, 0.717) is 6.54 Å². The van der Waals surface area contributed by atoms with Crippen LogP contribution in [-0.2, 0) is 6.18 Å². The molecule has 1 heterocycles. The Balaban J connectivity index is 2.35. The average molecular weight is 303 g/mol. The van der Waals surface area contributed by atoms with Gasteiger partial charge in [0.25, 0.3) is 0 Å². The molecule has 1 aromatic rings. The van der Waals surface area contributed by atoms with Gasteiger partial charge >= 0.3 is 6.18 Å². The fourth-order valence-electron chi connectivity index (χ4n) is 2.78. The lowest BCUT2D eigenvalue weighted by Crippen LogP contribution is -2.37. The van der Waals surface area contributed by atoms with Crippen LogP contribution in [0.15, 0.2) is 6.07 Å². The summed E-state index contributed by atoms with van der Waals surface area (Å²) in [6, 6.07) is 1.69. The normalized spacial score (nSPS) is 16.8. The molecule has 0 radical (unpaired) electrons. The number of hydrogen-bond donors (Lipinski definition) is 2. The molecule has 8 heteroatoms. The molecule has 21 heavy (non-hydrogen) atoms. The van der Waals surface area contributed by atoms with Gasteiger partial charge in [0, 0.05) is 18.7 Å². The van der Waals surface area contributed by atoms with E-state index in [1.165, 1.54) is 12.5 Å². The standard InChI is InChI=1S/C13H20F3N5/c1-2-21(9-6-4-3-5-7-9)11-8-10(20-17)18-12(19-11)13(14,15)16/h8-9H,2-7,17H2,1H3,(H,18,19,20). The van der Waals surface area contributed by atoms with Crippen LogP contribution in [0.25, 0.3) is 0 Å². The van der Waals surface area contributed by atoms with Crippen molar-refractivity contribution >= 4 is 11.6 Å². The monoisotopic (exact) mass is 303 g/mol. The Kier molecular flexibility index (Phi) is 4.87. The highest BCUT2D eigenvalue weighted by atomic mass is 19.4. The number of alkyl halides is 3. The number of nitrogen functional groups attached to an aromatic ring is 1. The first-order chi connectivity index (χ1) is 9.95. The van der Waals surface area contributed by atoms with Gasteiger partial charge in [0.05, 0.1) is 0 Å². The van der Waals surface area contributed by atoms with Gasteiger partial charge in [0.2, 0.25) is 5.82 Å². The first-order valence-corrected chi connectivity index (χ1v) is 7.15. The minimum absolute atomic E-state index is 0.0263.